The molecule has 4 aliphatic rings. The van der Waals surface area contributed by atoms with Gasteiger partial charge in [0.15, 0.2) is 5.82 Å². The first-order valence-electron chi connectivity index (χ1n) is 17.6. The van der Waals surface area contributed by atoms with Crippen LogP contribution in [-0.2, 0) is 4.79 Å². The third-order valence-electron chi connectivity index (χ3n) is 11.4. The number of likely N-dealkylation sites (tertiary alicyclic amines) is 1. The normalized spacial score (nSPS) is 21.8. The molecule has 3 aromatic carbocycles. The summed E-state index contributed by atoms with van der Waals surface area (Å²) in [4.78, 5) is 27.7. The maximum Gasteiger partial charge on any atom is 0.319 e. The molecule has 2 atom stereocenters. The van der Waals surface area contributed by atoms with Crippen molar-refractivity contribution in [3.05, 3.63) is 53.6 Å². The Morgan fingerprint density at radius 2 is 1.86 bits per heavy atom. The number of nitrogens with one attached hydrogen (secondary N) is 1. The molecule has 0 spiro atoms. The van der Waals surface area contributed by atoms with Gasteiger partial charge in [0.1, 0.15) is 22.9 Å². The second kappa shape index (κ2) is 12.7. The summed E-state index contributed by atoms with van der Waals surface area (Å²) in [5.74, 6) is 1.40. The number of hydrogen-bond donors (Lipinski definition) is 2. The van der Waals surface area contributed by atoms with E-state index in [1.54, 1.807) is 25.1 Å². The van der Waals surface area contributed by atoms with Gasteiger partial charge in [-0.1, -0.05) is 18.1 Å². The Morgan fingerprint density at radius 1 is 1.12 bits per heavy atom. The van der Waals surface area contributed by atoms with E-state index in [9.17, 15) is 9.90 Å². The smallest absolute Gasteiger partial charge is 0.319 e. The number of aromatic hydroxyl groups is 1. The molecule has 3 aliphatic heterocycles. The zero-order valence-electron chi connectivity index (χ0n) is 28.5. The van der Waals surface area contributed by atoms with Crippen LogP contribution in [-0.4, -0.2) is 95.3 Å². The third-order valence-corrected chi connectivity index (χ3v) is 11.4. The van der Waals surface area contributed by atoms with Crippen LogP contribution < -0.4 is 15.0 Å². The number of carbonyl (C=O) groups is 1. The molecule has 2 bridgehead atoms. The summed E-state index contributed by atoms with van der Waals surface area (Å²) in [6.45, 7) is 6.02. The van der Waals surface area contributed by atoms with Gasteiger partial charge in [0, 0.05) is 92.1 Å². The average molecular weight is 681 g/mol. The van der Waals surface area contributed by atoms with Gasteiger partial charge in [0.05, 0.1) is 12.2 Å². The monoisotopic (exact) mass is 680 g/mol. The number of rotatable bonds is 8. The molecular formula is C39H42F2N6O3. The van der Waals surface area contributed by atoms with Crippen LogP contribution in [0.25, 0.3) is 32.8 Å². The molecule has 1 saturated carbocycles. The highest BCUT2D eigenvalue weighted by atomic mass is 19.1. The number of benzene rings is 3. The Hall–Kier alpha value is -4.53. The molecule has 1 aliphatic carbocycles. The zero-order valence-corrected chi connectivity index (χ0v) is 28.5. The SMILES string of the molecule is C#Cc1cccc2cc(O)cc(-c3c(F)cc4c(N5CC6CCC(C5)N6)nc(OCC5(CN6CCC(N(C)C(C)=O)CC6)CC5)nc4c3F)c12. The number of terminal acetylenes is 1. The summed E-state index contributed by atoms with van der Waals surface area (Å²) in [5.41, 5.74) is 0.219. The highest BCUT2D eigenvalue weighted by Crippen LogP contribution is 2.47. The van der Waals surface area contributed by atoms with Crippen molar-refractivity contribution in [3.63, 3.8) is 0 Å². The van der Waals surface area contributed by atoms with E-state index in [2.05, 4.69) is 26.0 Å². The number of aromatic nitrogens is 2. The van der Waals surface area contributed by atoms with E-state index in [4.69, 9.17) is 16.1 Å². The molecule has 3 saturated heterocycles. The van der Waals surface area contributed by atoms with E-state index in [1.165, 1.54) is 18.2 Å². The molecule has 4 fully saturated rings. The average Bonchev–Trinajstić information content (AvgIpc) is 3.79. The fraction of sp³-hybridized carbons (Fsp3) is 0.462. The van der Waals surface area contributed by atoms with Gasteiger partial charge in [-0.25, -0.2) is 8.78 Å². The molecular weight excluding hydrogens is 638 g/mol. The van der Waals surface area contributed by atoms with E-state index in [0.29, 0.717) is 41.9 Å². The van der Waals surface area contributed by atoms with Gasteiger partial charge in [-0.05, 0) is 68.2 Å². The van der Waals surface area contributed by atoms with E-state index >= 15 is 8.78 Å². The summed E-state index contributed by atoms with van der Waals surface area (Å²) in [5, 5.41) is 15.5. The second-order valence-electron chi connectivity index (χ2n) is 14.8. The van der Waals surface area contributed by atoms with Crippen molar-refractivity contribution in [2.45, 2.75) is 63.6 Å². The number of fused-ring (bicyclic) bond motifs is 4. The van der Waals surface area contributed by atoms with Crippen molar-refractivity contribution in [2.75, 3.05) is 51.3 Å². The van der Waals surface area contributed by atoms with Gasteiger partial charge in [-0.2, -0.15) is 9.97 Å². The van der Waals surface area contributed by atoms with Crippen LogP contribution in [0.1, 0.15) is 51.0 Å². The number of piperidine rings is 1. The number of ether oxygens (including phenoxy) is 1. The molecule has 4 heterocycles. The Labute approximate surface area is 290 Å². The quantitative estimate of drug-likeness (QED) is 0.237. The van der Waals surface area contributed by atoms with Crippen molar-refractivity contribution in [1.82, 2.24) is 25.1 Å². The number of anilines is 1. The number of halogens is 2. The molecule has 50 heavy (non-hydrogen) atoms. The van der Waals surface area contributed by atoms with E-state index in [-0.39, 0.29) is 63.2 Å². The van der Waals surface area contributed by atoms with Crippen LogP contribution in [0.15, 0.2) is 36.4 Å². The van der Waals surface area contributed by atoms with Crippen LogP contribution in [0.5, 0.6) is 11.8 Å². The van der Waals surface area contributed by atoms with E-state index < -0.39 is 11.6 Å². The molecule has 1 amide bonds. The van der Waals surface area contributed by atoms with Crippen LogP contribution in [0, 0.1) is 29.4 Å². The fourth-order valence-electron chi connectivity index (χ4n) is 8.35. The largest absolute Gasteiger partial charge is 0.508 e. The molecule has 11 heteroatoms. The van der Waals surface area contributed by atoms with Gasteiger partial charge in [0.25, 0.3) is 0 Å². The standard InChI is InChI=1S/C39H42F2N6O3/c1-4-24-6-5-7-25-16-29(49)17-30(33(24)25)34-32(40)18-31-36(35(34)41)43-38(44-37(31)47-19-26-8-9-27(20-47)42-26)50-22-39(12-13-39)21-46-14-10-28(11-15-46)45(3)23(2)48/h1,5-7,16-18,26-28,42,49H,8-15,19-22H2,2-3H3. The molecule has 8 rings (SSSR count). The molecule has 0 radical (unpaired) electrons. The van der Waals surface area contributed by atoms with Crippen LogP contribution in [0.3, 0.4) is 0 Å². The van der Waals surface area contributed by atoms with Crippen molar-refractivity contribution in [3.8, 4) is 35.2 Å². The lowest BCUT2D eigenvalue weighted by Crippen LogP contribution is -2.51. The fourth-order valence-corrected chi connectivity index (χ4v) is 8.35. The van der Waals surface area contributed by atoms with Crippen LogP contribution in [0.2, 0.25) is 0 Å². The molecule has 9 nitrogen and oxygen atoms in total. The second-order valence-corrected chi connectivity index (χ2v) is 14.8. The highest BCUT2D eigenvalue weighted by Gasteiger charge is 2.46. The number of carbonyl (C=O) groups excluding carboxylic acids is 1. The first-order chi connectivity index (χ1) is 24.1. The van der Waals surface area contributed by atoms with Crippen LogP contribution >= 0.6 is 0 Å². The Balaban J connectivity index is 1.14. The van der Waals surface area contributed by atoms with Gasteiger partial charge in [0.2, 0.25) is 5.91 Å². The Kier molecular flexibility index (Phi) is 8.27. The number of amides is 1. The maximum atomic E-state index is 17.0. The predicted octanol–water partition coefficient (Wildman–Crippen LogP) is 5.46. The number of piperazine rings is 1. The summed E-state index contributed by atoms with van der Waals surface area (Å²) in [6, 6.07) is 10.3. The Morgan fingerprint density at radius 3 is 2.54 bits per heavy atom. The molecule has 2 N–H and O–H groups in total. The number of nitrogens with zero attached hydrogens (tertiary/aromatic N) is 5. The topological polar surface area (TPSA) is 94.1 Å². The number of phenolic OH excluding ortho intramolecular Hbond substituents is 1. The first-order valence-corrected chi connectivity index (χ1v) is 17.6. The number of phenols is 1. The lowest BCUT2D eigenvalue weighted by molar-refractivity contribution is -0.130. The van der Waals surface area contributed by atoms with E-state index in [0.717, 1.165) is 58.2 Å². The third kappa shape index (κ3) is 5.98. The summed E-state index contributed by atoms with van der Waals surface area (Å²) >= 11 is 0. The predicted molar refractivity (Wildman–Crippen MR) is 189 cm³/mol. The minimum atomic E-state index is -0.857. The molecule has 260 valence electrons. The maximum absolute atomic E-state index is 17.0. The molecule has 1 aromatic heterocycles. The van der Waals surface area contributed by atoms with Crippen molar-refractivity contribution >= 4 is 33.4 Å². The van der Waals surface area contributed by atoms with Crippen molar-refractivity contribution in [1.29, 1.82) is 0 Å². The lowest BCUT2D eigenvalue weighted by atomic mass is 9.93. The van der Waals surface area contributed by atoms with Crippen molar-refractivity contribution < 1.29 is 23.4 Å². The summed E-state index contributed by atoms with van der Waals surface area (Å²) < 4.78 is 39.6. The van der Waals surface area contributed by atoms with Crippen molar-refractivity contribution in [2.24, 2.45) is 5.41 Å². The lowest BCUT2D eigenvalue weighted by Gasteiger charge is -2.37. The zero-order chi connectivity index (χ0) is 34.7. The highest BCUT2D eigenvalue weighted by molar-refractivity contribution is 6.04. The van der Waals surface area contributed by atoms with Gasteiger partial charge in [-0.15, -0.1) is 6.42 Å². The Bertz CT molecular complexity index is 2020. The van der Waals surface area contributed by atoms with E-state index in [1.807, 2.05) is 11.9 Å². The first kappa shape index (κ1) is 32.7. The number of hydrogen-bond acceptors (Lipinski definition) is 8. The summed E-state index contributed by atoms with van der Waals surface area (Å²) in [7, 11) is 1.88. The van der Waals surface area contributed by atoms with Gasteiger partial charge in [-0.3, -0.25) is 4.79 Å². The molecule has 4 aromatic rings. The van der Waals surface area contributed by atoms with Crippen LogP contribution in [0.4, 0.5) is 14.6 Å². The minimum Gasteiger partial charge on any atom is -0.508 e. The minimum absolute atomic E-state index is 0.0385. The summed E-state index contributed by atoms with van der Waals surface area (Å²) in [6.07, 6.45) is 11.8. The van der Waals surface area contributed by atoms with Gasteiger partial charge < -0.3 is 29.9 Å². The molecule has 2 unspecified atom stereocenters. The van der Waals surface area contributed by atoms with Gasteiger partial charge >= 0.3 is 6.01 Å².